The van der Waals surface area contributed by atoms with E-state index in [1.165, 1.54) is 14.2 Å². The second kappa shape index (κ2) is 4.74. The molecule has 1 heterocycles. The van der Waals surface area contributed by atoms with Gasteiger partial charge in [-0.1, -0.05) is 18.2 Å². The molecule has 18 heavy (non-hydrogen) atoms. The Morgan fingerprint density at radius 3 is 2.50 bits per heavy atom. The van der Waals surface area contributed by atoms with Crippen LogP contribution in [0.15, 0.2) is 35.1 Å². The SMILES string of the molecule is COc1nn(C(=O)Oc2ccccc2)c(=O)n1C. The summed E-state index contributed by atoms with van der Waals surface area (Å²) in [5.41, 5.74) is -0.632. The first-order chi connectivity index (χ1) is 8.63. The van der Waals surface area contributed by atoms with Crippen molar-refractivity contribution in [1.29, 1.82) is 0 Å². The molecule has 0 saturated heterocycles. The van der Waals surface area contributed by atoms with Gasteiger partial charge in [-0.2, -0.15) is 0 Å². The highest BCUT2D eigenvalue weighted by molar-refractivity contribution is 5.71. The fourth-order valence-corrected chi connectivity index (χ4v) is 1.35. The molecule has 0 unspecified atom stereocenters. The molecule has 2 aromatic rings. The first-order valence-electron chi connectivity index (χ1n) is 5.10. The summed E-state index contributed by atoms with van der Waals surface area (Å²) < 4.78 is 11.5. The topological polar surface area (TPSA) is 75.4 Å². The molecular weight excluding hydrogens is 238 g/mol. The maximum absolute atomic E-state index is 11.7. The molecule has 0 N–H and O–H groups in total. The minimum atomic E-state index is -0.884. The van der Waals surface area contributed by atoms with Crippen LogP contribution in [0.4, 0.5) is 4.79 Å². The normalized spacial score (nSPS) is 10.1. The zero-order valence-corrected chi connectivity index (χ0v) is 9.86. The number of rotatable bonds is 2. The third-order valence-electron chi connectivity index (χ3n) is 2.24. The van der Waals surface area contributed by atoms with Gasteiger partial charge in [-0.25, -0.2) is 14.2 Å². The van der Waals surface area contributed by atoms with Crippen molar-refractivity contribution in [3.63, 3.8) is 0 Å². The zero-order valence-electron chi connectivity index (χ0n) is 9.86. The lowest BCUT2D eigenvalue weighted by Gasteiger charge is -2.01. The summed E-state index contributed by atoms with van der Waals surface area (Å²) in [6.07, 6.45) is -0.884. The predicted octanol–water partition coefficient (Wildman–Crippen LogP) is 0.637. The van der Waals surface area contributed by atoms with E-state index < -0.39 is 11.8 Å². The molecule has 7 nitrogen and oxygen atoms in total. The maximum atomic E-state index is 11.7. The average Bonchev–Trinajstić information content (AvgIpc) is 2.67. The fraction of sp³-hybridized carbons (Fsp3) is 0.182. The molecule has 1 aromatic carbocycles. The summed E-state index contributed by atoms with van der Waals surface area (Å²) in [6, 6.07) is 8.44. The Morgan fingerprint density at radius 2 is 1.94 bits per heavy atom. The first kappa shape index (κ1) is 11.9. The highest BCUT2D eigenvalue weighted by Crippen LogP contribution is 2.09. The van der Waals surface area contributed by atoms with Crippen molar-refractivity contribution in [2.75, 3.05) is 7.11 Å². The molecule has 0 radical (unpaired) electrons. The number of benzene rings is 1. The number of methoxy groups -OCH3 is 1. The van der Waals surface area contributed by atoms with Crippen LogP contribution >= 0.6 is 0 Å². The third-order valence-corrected chi connectivity index (χ3v) is 2.24. The van der Waals surface area contributed by atoms with Crippen molar-refractivity contribution in [1.82, 2.24) is 14.3 Å². The minimum absolute atomic E-state index is 0.0324. The molecule has 1 aromatic heterocycles. The predicted molar refractivity (Wildman–Crippen MR) is 61.9 cm³/mol. The van der Waals surface area contributed by atoms with E-state index in [-0.39, 0.29) is 6.01 Å². The minimum Gasteiger partial charge on any atom is -0.467 e. The molecule has 0 aliphatic carbocycles. The van der Waals surface area contributed by atoms with E-state index in [1.807, 2.05) is 0 Å². The van der Waals surface area contributed by atoms with Gasteiger partial charge in [-0.15, -0.1) is 9.78 Å². The monoisotopic (exact) mass is 249 g/mol. The number of hydrogen-bond acceptors (Lipinski definition) is 5. The summed E-state index contributed by atoms with van der Waals surface area (Å²) >= 11 is 0. The Hall–Kier alpha value is -2.57. The standard InChI is InChI=1S/C11H11N3O4/c1-13-9(17-2)12-14(10(13)15)11(16)18-8-6-4-3-5-7-8/h3-7H,1-2H3. The van der Waals surface area contributed by atoms with Crippen LogP contribution in [0.25, 0.3) is 0 Å². The van der Waals surface area contributed by atoms with Gasteiger partial charge in [0.25, 0.3) is 0 Å². The second-order valence-corrected chi connectivity index (χ2v) is 3.42. The van der Waals surface area contributed by atoms with E-state index in [4.69, 9.17) is 9.47 Å². The summed E-state index contributed by atoms with van der Waals surface area (Å²) in [4.78, 5) is 23.4. The van der Waals surface area contributed by atoms with Gasteiger partial charge in [0.05, 0.1) is 7.11 Å². The third kappa shape index (κ3) is 2.10. The number of para-hydroxylation sites is 1. The van der Waals surface area contributed by atoms with E-state index in [2.05, 4.69) is 5.10 Å². The lowest BCUT2D eigenvalue weighted by molar-refractivity contribution is 0.197. The Bertz CT molecular complexity index is 615. The van der Waals surface area contributed by atoms with E-state index in [0.29, 0.717) is 10.4 Å². The van der Waals surface area contributed by atoms with Gasteiger partial charge in [0.2, 0.25) is 0 Å². The van der Waals surface area contributed by atoms with Crippen molar-refractivity contribution in [2.24, 2.45) is 7.05 Å². The quantitative estimate of drug-likeness (QED) is 0.780. The summed E-state index contributed by atoms with van der Waals surface area (Å²) in [6.45, 7) is 0. The molecule has 0 aliphatic heterocycles. The molecule has 0 saturated carbocycles. The van der Waals surface area contributed by atoms with Gasteiger partial charge >= 0.3 is 17.8 Å². The Morgan fingerprint density at radius 1 is 1.28 bits per heavy atom. The maximum Gasteiger partial charge on any atom is 0.444 e. The largest absolute Gasteiger partial charge is 0.467 e. The van der Waals surface area contributed by atoms with Gasteiger partial charge in [0, 0.05) is 7.05 Å². The molecule has 0 amide bonds. The van der Waals surface area contributed by atoms with Crippen LogP contribution in [0.1, 0.15) is 0 Å². The number of aromatic nitrogens is 3. The van der Waals surface area contributed by atoms with Crippen LogP contribution in [0.3, 0.4) is 0 Å². The molecule has 2 rings (SSSR count). The first-order valence-corrected chi connectivity index (χ1v) is 5.10. The van der Waals surface area contributed by atoms with Crippen LogP contribution in [0, 0.1) is 0 Å². The molecular formula is C11H11N3O4. The highest BCUT2D eigenvalue weighted by atomic mass is 16.6. The summed E-state index contributed by atoms with van der Waals surface area (Å²) in [7, 11) is 2.80. The van der Waals surface area contributed by atoms with Gasteiger partial charge in [-0.3, -0.25) is 0 Å². The molecule has 0 bridgehead atoms. The van der Waals surface area contributed by atoms with Crippen molar-refractivity contribution in [3.8, 4) is 11.8 Å². The van der Waals surface area contributed by atoms with Crippen LogP contribution in [-0.2, 0) is 7.05 Å². The van der Waals surface area contributed by atoms with Gasteiger partial charge in [0.1, 0.15) is 5.75 Å². The Kier molecular flexibility index (Phi) is 3.13. The van der Waals surface area contributed by atoms with E-state index in [1.54, 1.807) is 30.3 Å². The number of carbonyl (C=O) groups excluding carboxylic acids is 1. The van der Waals surface area contributed by atoms with E-state index in [9.17, 15) is 9.59 Å². The fourth-order valence-electron chi connectivity index (χ4n) is 1.35. The van der Waals surface area contributed by atoms with E-state index >= 15 is 0 Å². The smallest absolute Gasteiger partial charge is 0.444 e. The van der Waals surface area contributed by atoms with E-state index in [0.717, 1.165) is 4.57 Å². The molecule has 7 heteroatoms. The molecule has 0 fully saturated rings. The molecule has 0 spiro atoms. The van der Waals surface area contributed by atoms with Crippen molar-refractivity contribution >= 4 is 6.09 Å². The summed E-state index contributed by atoms with van der Waals surface area (Å²) in [5, 5.41) is 3.69. The number of hydrogen-bond donors (Lipinski definition) is 0. The Labute approximate surface area is 102 Å². The average molecular weight is 249 g/mol. The number of ether oxygens (including phenoxy) is 2. The molecule has 94 valence electrons. The Balaban J connectivity index is 2.27. The lowest BCUT2D eigenvalue weighted by Crippen LogP contribution is -2.31. The van der Waals surface area contributed by atoms with Gasteiger partial charge in [-0.05, 0) is 12.1 Å². The number of carbonyl (C=O) groups is 1. The van der Waals surface area contributed by atoms with Crippen molar-refractivity contribution in [2.45, 2.75) is 0 Å². The van der Waals surface area contributed by atoms with Crippen LogP contribution in [0.5, 0.6) is 11.8 Å². The molecule has 0 atom stereocenters. The van der Waals surface area contributed by atoms with Gasteiger partial charge in [0.15, 0.2) is 0 Å². The van der Waals surface area contributed by atoms with Crippen LogP contribution in [0.2, 0.25) is 0 Å². The highest BCUT2D eigenvalue weighted by Gasteiger charge is 2.18. The lowest BCUT2D eigenvalue weighted by atomic mass is 10.3. The van der Waals surface area contributed by atoms with Crippen molar-refractivity contribution < 1.29 is 14.3 Å². The summed E-state index contributed by atoms with van der Waals surface area (Å²) in [5.74, 6) is 0.332. The second-order valence-electron chi connectivity index (χ2n) is 3.42. The number of nitrogens with zero attached hydrogens (tertiary/aromatic N) is 3. The van der Waals surface area contributed by atoms with Crippen LogP contribution in [-0.4, -0.2) is 27.6 Å². The van der Waals surface area contributed by atoms with Crippen LogP contribution < -0.4 is 15.2 Å². The van der Waals surface area contributed by atoms with Crippen molar-refractivity contribution in [3.05, 3.63) is 40.8 Å². The zero-order chi connectivity index (χ0) is 13.1. The molecule has 0 aliphatic rings. The van der Waals surface area contributed by atoms with Gasteiger partial charge < -0.3 is 9.47 Å².